The molecule has 1 aromatic carbocycles. The maximum absolute atomic E-state index is 10.7. The van der Waals surface area contributed by atoms with Crippen LogP contribution < -0.4 is 0 Å². The minimum absolute atomic E-state index is 0. The van der Waals surface area contributed by atoms with Gasteiger partial charge in [0.15, 0.2) is 0 Å². The first kappa shape index (κ1) is 25.2. The second-order valence-corrected chi connectivity index (χ2v) is 10.8. The van der Waals surface area contributed by atoms with Crippen LogP contribution in [0.15, 0.2) is 24.3 Å². The molecule has 4 heteroatoms. The Morgan fingerprint density at radius 2 is 1.32 bits per heavy atom. The molecule has 1 fully saturated rings. The van der Waals surface area contributed by atoms with Crippen LogP contribution in [-0.4, -0.2) is 5.71 Å². The van der Waals surface area contributed by atoms with Gasteiger partial charge in [0, 0.05) is 0 Å². The second-order valence-electron chi connectivity index (χ2n) is 8.22. The van der Waals surface area contributed by atoms with E-state index < -0.39 is 17.0 Å². The number of hydrogen-bond acceptors (Lipinski definition) is 0. The van der Waals surface area contributed by atoms with Gasteiger partial charge in [-0.25, -0.2) is 0 Å². The number of nitrogens with zero attached hydrogens (tertiary/aromatic N) is 1. The Labute approximate surface area is 172 Å². The monoisotopic (exact) mass is 417 g/mol. The summed E-state index contributed by atoms with van der Waals surface area (Å²) in [6, 6.07) is 8.46. The summed E-state index contributed by atoms with van der Waals surface area (Å²) in [4.78, 5) is 0. The van der Waals surface area contributed by atoms with E-state index in [2.05, 4.69) is 66.7 Å². The van der Waals surface area contributed by atoms with Gasteiger partial charge in [-0.15, -0.1) is 0 Å². The quantitative estimate of drug-likeness (QED) is 0.269. The summed E-state index contributed by atoms with van der Waals surface area (Å²) < 4.78 is 0. The fourth-order valence-corrected chi connectivity index (χ4v) is 4.06. The third-order valence-corrected chi connectivity index (χ3v) is 5.91. The molecule has 1 saturated carbocycles. The minimum atomic E-state index is -0.556. The summed E-state index contributed by atoms with van der Waals surface area (Å²) in [5.41, 5.74) is 2.69. The van der Waals surface area contributed by atoms with Gasteiger partial charge in [-0.3, -0.25) is 0 Å². The Kier molecular flexibility index (Phi) is 10.6. The van der Waals surface area contributed by atoms with Crippen molar-refractivity contribution in [3.05, 3.63) is 48.2 Å². The average molecular weight is 418 g/mol. The van der Waals surface area contributed by atoms with Crippen LogP contribution in [0.1, 0.15) is 65.5 Å². The van der Waals surface area contributed by atoms with Gasteiger partial charge in [-0.1, -0.05) is 72.7 Å². The molecule has 142 valence electrons. The summed E-state index contributed by atoms with van der Waals surface area (Å²) in [7, 11) is 9.78. The zero-order valence-electron chi connectivity index (χ0n) is 16.9. The summed E-state index contributed by atoms with van der Waals surface area (Å²) in [6.45, 7) is 15.7. The van der Waals surface area contributed by atoms with E-state index >= 15 is 0 Å². The fourth-order valence-electron chi connectivity index (χ4n) is 4.06. The molecular formula is C21H33Cl2NTi-2. The molecule has 0 heterocycles. The fraction of sp³-hybridized carbons (Fsp3) is 0.619. The Bertz CT molecular complexity index is 539. The Hall–Kier alpha value is 0.184. The molecule has 0 spiro atoms. The summed E-state index contributed by atoms with van der Waals surface area (Å²) >= 11 is -0.556. The van der Waals surface area contributed by atoms with Crippen molar-refractivity contribution in [3.8, 4) is 0 Å². The first-order chi connectivity index (χ1) is 11.1. The van der Waals surface area contributed by atoms with Gasteiger partial charge < -0.3 is 12.8 Å². The van der Waals surface area contributed by atoms with Crippen molar-refractivity contribution in [2.24, 2.45) is 29.1 Å². The van der Waals surface area contributed by atoms with Crippen LogP contribution in [0.25, 0.3) is 5.41 Å². The molecule has 1 nitrogen and oxygen atoms in total. The van der Waals surface area contributed by atoms with Crippen LogP contribution in [-0.2, 0) is 17.0 Å². The molecule has 4 atom stereocenters. The first-order valence-corrected chi connectivity index (χ1v) is 13.0. The average Bonchev–Trinajstić information content (AvgIpc) is 2.70. The normalized spacial score (nSPS) is 28.4. The van der Waals surface area contributed by atoms with E-state index in [1.165, 1.54) is 5.56 Å². The standard InChI is InChI=1S/C20H30N.CH3.2ClH.Ti/c1-12-13(2)15(4)18(14(12)3)16-10-8-9-11-17(16)19(21)20(5,6)7;;;;/h8-15,18H,1-7H3;1H3;2*1H;/q2*-1;;;+2/p-2. The van der Waals surface area contributed by atoms with Gasteiger partial charge >= 0.3 is 35.6 Å². The van der Waals surface area contributed by atoms with Crippen molar-refractivity contribution >= 4 is 24.3 Å². The molecule has 0 saturated heterocycles. The molecular weight excluding hydrogens is 385 g/mol. The van der Waals surface area contributed by atoms with E-state index in [0.29, 0.717) is 23.5 Å². The Morgan fingerprint density at radius 3 is 1.72 bits per heavy atom. The topological polar surface area (TPSA) is 22.3 Å². The SMILES string of the molecule is CC1C(C)C(C)C(c2ccccc2C(=[N-])C(C)(C)C)C1C.[CH3-].[Cl][Ti][Cl]. The van der Waals surface area contributed by atoms with Crippen LogP contribution in [0.3, 0.4) is 0 Å². The molecule has 0 N–H and O–H groups in total. The van der Waals surface area contributed by atoms with E-state index in [0.717, 1.165) is 17.4 Å². The maximum atomic E-state index is 10.7. The third-order valence-electron chi connectivity index (χ3n) is 5.91. The Balaban J connectivity index is 0.00000134. The van der Waals surface area contributed by atoms with Gasteiger partial charge in [0.2, 0.25) is 0 Å². The molecule has 0 bridgehead atoms. The molecule has 0 aromatic heterocycles. The zero-order valence-corrected chi connectivity index (χ0v) is 20.0. The predicted octanol–water partition coefficient (Wildman–Crippen LogP) is 7.56. The molecule has 0 radical (unpaired) electrons. The van der Waals surface area contributed by atoms with Gasteiger partial charge in [0.1, 0.15) is 0 Å². The molecule has 4 unspecified atom stereocenters. The first-order valence-electron chi connectivity index (χ1n) is 8.69. The second kappa shape index (κ2) is 10.5. The van der Waals surface area contributed by atoms with E-state index in [1.54, 1.807) is 0 Å². The molecule has 0 aliphatic heterocycles. The van der Waals surface area contributed by atoms with E-state index in [-0.39, 0.29) is 12.8 Å². The molecule has 2 rings (SSSR count). The van der Waals surface area contributed by atoms with Crippen LogP contribution in [0, 0.1) is 36.5 Å². The van der Waals surface area contributed by atoms with Crippen molar-refractivity contribution in [2.45, 2.75) is 54.4 Å². The van der Waals surface area contributed by atoms with Gasteiger partial charge in [0.25, 0.3) is 0 Å². The summed E-state index contributed by atoms with van der Waals surface area (Å²) in [5.74, 6) is 3.31. The zero-order chi connectivity index (χ0) is 18.7. The van der Waals surface area contributed by atoms with E-state index in [1.807, 2.05) is 6.07 Å². The van der Waals surface area contributed by atoms with Crippen molar-refractivity contribution < 1.29 is 17.0 Å². The van der Waals surface area contributed by atoms with E-state index in [4.69, 9.17) is 18.6 Å². The van der Waals surface area contributed by atoms with Gasteiger partial charge in [-0.05, 0) is 46.1 Å². The van der Waals surface area contributed by atoms with Gasteiger partial charge in [0.05, 0.1) is 0 Å². The third kappa shape index (κ3) is 5.83. The van der Waals surface area contributed by atoms with Crippen LogP contribution >= 0.6 is 18.6 Å². The summed E-state index contributed by atoms with van der Waals surface area (Å²) in [5, 5.41) is 10.7. The van der Waals surface area contributed by atoms with Crippen molar-refractivity contribution in [1.82, 2.24) is 0 Å². The van der Waals surface area contributed by atoms with Crippen LogP contribution in [0.4, 0.5) is 0 Å². The molecule has 0 amide bonds. The van der Waals surface area contributed by atoms with Crippen molar-refractivity contribution in [2.75, 3.05) is 0 Å². The van der Waals surface area contributed by atoms with Crippen LogP contribution in [0.2, 0.25) is 0 Å². The number of benzene rings is 1. The summed E-state index contributed by atoms with van der Waals surface area (Å²) in [6.07, 6.45) is 0. The van der Waals surface area contributed by atoms with Crippen LogP contribution in [0.5, 0.6) is 0 Å². The predicted molar refractivity (Wildman–Crippen MR) is 111 cm³/mol. The Morgan fingerprint density at radius 1 is 0.920 bits per heavy atom. The molecule has 1 aliphatic carbocycles. The molecule has 25 heavy (non-hydrogen) atoms. The number of hydrogen-bond donors (Lipinski definition) is 0. The van der Waals surface area contributed by atoms with Crippen molar-refractivity contribution in [3.63, 3.8) is 0 Å². The van der Waals surface area contributed by atoms with Crippen molar-refractivity contribution in [1.29, 1.82) is 0 Å². The van der Waals surface area contributed by atoms with Gasteiger partial charge in [-0.2, -0.15) is 5.71 Å². The molecule has 1 aromatic rings. The molecule has 1 aliphatic rings. The number of rotatable bonds is 2. The number of halogens is 2. The van der Waals surface area contributed by atoms with E-state index in [9.17, 15) is 5.41 Å².